The number of fused-ring (bicyclic) bond motifs is 1. The summed E-state index contributed by atoms with van der Waals surface area (Å²) in [6, 6.07) is 3.87. The van der Waals surface area contributed by atoms with Gasteiger partial charge in [-0.2, -0.15) is 0 Å². The Labute approximate surface area is 200 Å². The van der Waals surface area contributed by atoms with Gasteiger partial charge in [0.2, 0.25) is 5.91 Å². The third kappa shape index (κ3) is 5.90. The number of thiazole rings is 1. The summed E-state index contributed by atoms with van der Waals surface area (Å²) in [5.41, 5.74) is 0.457. The number of rotatable bonds is 4. The van der Waals surface area contributed by atoms with Crippen LogP contribution in [-0.4, -0.2) is 46.0 Å². The van der Waals surface area contributed by atoms with Crippen LogP contribution < -0.4 is 10.6 Å². The molecule has 3 amide bonds. The third-order valence-electron chi connectivity index (χ3n) is 4.55. The van der Waals surface area contributed by atoms with Crippen molar-refractivity contribution in [2.45, 2.75) is 52.3 Å². The van der Waals surface area contributed by atoms with Crippen LogP contribution in [0, 0.1) is 0 Å². The second-order valence-corrected chi connectivity index (χ2v) is 10.2. The van der Waals surface area contributed by atoms with Gasteiger partial charge in [0, 0.05) is 17.8 Å². The first-order chi connectivity index (χ1) is 14.9. The number of carbonyl (C=O) groups is 3. The monoisotopic (exact) mass is 498 g/mol. The van der Waals surface area contributed by atoms with Crippen LogP contribution in [0.25, 0.3) is 0 Å². The lowest BCUT2D eigenvalue weighted by Gasteiger charge is -2.29. The lowest BCUT2D eigenvalue weighted by molar-refractivity contribution is -0.117. The summed E-state index contributed by atoms with van der Waals surface area (Å²) in [5.74, 6) is -0.932. The smallest absolute Gasteiger partial charge is 0.410 e. The summed E-state index contributed by atoms with van der Waals surface area (Å²) in [7, 11) is 0. The first kappa shape index (κ1) is 24.3. The fraction of sp³-hybridized carbons (Fsp3) is 0.429. The van der Waals surface area contributed by atoms with Gasteiger partial charge in [-0.1, -0.05) is 40.6 Å². The van der Waals surface area contributed by atoms with Crippen LogP contribution in [0.2, 0.25) is 10.0 Å². The zero-order valence-corrected chi connectivity index (χ0v) is 20.5. The van der Waals surface area contributed by atoms with Crippen molar-refractivity contribution in [1.82, 2.24) is 15.2 Å². The Morgan fingerprint density at radius 1 is 1.25 bits per heavy atom. The van der Waals surface area contributed by atoms with Crippen LogP contribution in [0.5, 0.6) is 0 Å². The van der Waals surface area contributed by atoms with Crippen molar-refractivity contribution in [2.75, 3.05) is 11.9 Å². The molecule has 1 atom stereocenters. The standard InChI is InChI=1S/C21H24Cl2N4O4S/c1-11(24-18(29)12-6-5-7-13(22)16(12)23)17(28)26-19-25-14-8-9-27(10-15(14)32-19)20(30)31-21(2,3)4/h5-7,11H,8-10H2,1-4H3,(H,24,29)(H,25,26,28). The second kappa shape index (κ2) is 9.64. The molecule has 11 heteroatoms. The number of nitrogens with one attached hydrogen (secondary N) is 2. The highest BCUT2D eigenvalue weighted by atomic mass is 35.5. The molecule has 3 rings (SSSR count). The minimum atomic E-state index is -0.836. The van der Waals surface area contributed by atoms with Crippen molar-refractivity contribution in [3.8, 4) is 0 Å². The Kier molecular flexibility index (Phi) is 7.32. The van der Waals surface area contributed by atoms with Gasteiger partial charge in [0.15, 0.2) is 5.13 Å². The molecule has 8 nitrogen and oxygen atoms in total. The summed E-state index contributed by atoms with van der Waals surface area (Å²) in [5, 5.41) is 6.12. The number of nitrogens with zero attached hydrogens (tertiary/aromatic N) is 2. The molecule has 1 aliphatic rings. The highest BCUT2D eigenvalue weighted by molar-refractivity contribution is 7.15. The summed E-state index contributed by atoms with van der Waals surface area (Å²) in [4.78, 5) is 44.3. The summed E-state index contributed by atoms with van der Waals surface area (Å²) < 4.78 is 5.43. The Morgan fingerprint density at radius 3 is 2.66 bits per heavy atom. The summed E-state index contributed by atoms with van der Waals surface area (Å²) in [6.07, 6.45) is 0.193. The van der Waals surface area contributed by atoms with E-state index >= 15 is 0 Å². The predicted molar refractivity (Wildman–Crippen MR) is 124 cm³/mol. The molecule has 2 aromatic rings. The van der Waals surface area contributed by atoms with Gasteiger partial charge in [-0.05, 0) is 39.8 Å². The van der Waals surface area contributed by atoms with Crippen LogP contribution >= 0.6 is 34.5 Å². The molecule has 0 fully saturated rings. The van der Waals surface area contributed by atoms with Crippen molar-refractivity contribution in [1.29, 1.82) is 0 Å². The summed E-state index contributed by atoms with van der Waals surface area (Å²) in [6.45, 7) is 7.88. The molecule has 2 heterocycles. The van der Waals surface area contributed by atoms with Gasteiger partial charge in [0.25, 0.3) is 5.91 Å². The van der Waals surface area contributed by atoms with Crippen molar-refractivity contribution < 1.29 is 19.1 Å². The summed E-state index contributed by atoms with van der Waals surface area (Å²) >= 11 is 13.3. The van der Waals surface area contributed by atoms with Crippen LogP contribution in [-0.2, 0) is 22.5 Å². The largest absolute Gasteiger partial charge is 0.444 e. The van der Waals surface area contributed by atoms with Gasteiger partial charge in [-0.25, -0.2) is 9.78 Å². The molecule has 32 heavy (non-hydrogen) atoms. The van der Waals surface area contributed by atoms with Crippen molar-refractivity contribution in [3.63, 3.8) is 0 Å². The van der Waals surface area contributed by atoms with E-state index in [1.54, 1.807) is 24.0 Å². The van der Waals surface area contributed by atoms with Crippen molar-refractivity contribution in [2.24, 2.45) is 0 Å². The number of amides is 3. The molecule has 0 spiro atoms. The number of hydrogen-bond donors (Lipinski definition) is 2. The number of hydrogen-bond acceptors (Lipinski definition) is 6. The fourth-order valence-electron chi connectivity index (χ4n) is 2.96. The number of anilines is 1. The van der Waals surface area contributed by atoms with Gasteiger partial charge in [0.1, 0.15) is 11.6 Å². The molecule has 0 aliphatic carbocycles. The predicted octanol–water partition coefficient (Wildman–Crippen LogP) is 4.50. The maximum absolute atomic E-state index is 12.6. The minimum Gasteiger partial charge on any atom is -0.444 e. The van der Waals surface area contributed by atoms with Gasteiger partial charge in [-0.15, -0.1) is 0 Å². The van der Waals surface area contributed by atoms with E-state index in [-0.39, 0.29) is 21.7 Å². The van der Waals surface area contributed by atoms with Crippen LogP contribution in [0.3, 0.4) is 0 Å². The molecule has 1 aliphatic heterocycles. The number of benzene rings is 1. The molecule has 172 valence electrons. The normalized spacial score (nSPS) is 14.4. The first-order valence-electron chi connectivity index (χ1n) is 9.97. The average molecular weight is 499 g/mol. The third-order valence-corrected chi connectivity index (χ3v) is 6.37. The highest BCUT2D eigenvalue weighted by Gasteiger charge is 2.28. The first-order valence-corrected chi connectivity index (χ1v) is 11.5. The van der Waals surface area contributed by atoms with E-state index in [1.165, 1.54) is 17.4 Å². The zero-order valence-electron chi connectivity index (χ0n) is 18.1. The van der Waals surface area contributed by atoms with E-state index < -0.39 is 23.5 Å². The van der Waals surface area contributed by atoms with Gasteiger partial charge < -0.3 is 20.3 Å². The Morgan fingerprint density at radius 2 is 1.97 bits per heavy atom. The lowest BCUT2D eigenvalue weighted by atomic mass is 10.2. The highest BCUT2D eigenvalue weighted by Crippen LogP contribution is 2.29. The van der Waals surface area contributed by atoms with E-state index in [1.807, 2.05) is 20.8 Å². The van der Waals surface area contributed by atoms with E-state index in [0.29, 0.717) is 24.6 Å². The lowest BCUT2D eigenvalue weighted by Crippen LogP contribution is -2.41. The van der Waals surface area contributed by atoms with E-state index in [0.717, 1.165) is 10.6 Å². The second-order valence-electron chi connectivity index (χ2n) is 8.33. The molecule has 1 aromatic heterocycles. The number of halogens is 2. The molecule has 0 saturated carbocycles. The quantitative estimate of drug-likeness (QED) is 0.645. The Bertz CT molecular complexity index is 1050. The van der Waals surface area contributed by atoms with E-state index in [9.17, 15) is 14.4 Å². The molecule has 1 aromatic carbocycles. The van der Waals surface area contributed by atoms with Crippen LogP contribution in [0.15, 0.2) is 18.2 Å². The molecular formula is C21H24Cl2N4O4S. The molecule has 0 bridgehead atoms. The topological polar surface area (TPSA) is 101 Å². The SMILES string of the molecule is CC(NC(=O)c1cccc(Cl)c1Cl)C(=O)Nc1nc2c(s1)CN(C(=O)OC(C)(C)C)CC2. The Balaban J connectivity index is 1.60. The molecule has 0 saturated heterocycles. The van der Waals surface area contributed by atoms with Crippen molar-refractivity contribution in [3.05, 3.63) is 44.4 Å². The molecule has 0 radical (unpaired) electrons. The van der Waals surface area contributed by atoms with Crippen molar-refractivity contribution >= 4 is 57.6 Å². The maximum Gasteiger partial charge on any atom is 0.410 e. The Hall–Kier alpha value is -2.36. The van der Waals surface area contributed by atoms with Gasteiger partial charge in [0.05, 0.1) is 27.8 Å². The van der Waals surface area contributed by atoms with E-state index in [4.69, 9.17) is 27.9 Å². The average Bonchev–Trinajstić information content (AvgIpc) is 3.09. The van der Waals surface area contributed by atoms with Crippen LogP contribution in [0.1, 0.15) is 48.6 Å². The zero-order chi connectivity index (χ0) is 23.6. The maximum atomic E-state index is 12.6. The minimum absolute atomic E-state index is 0.126. The van der Waals surface area contributed by atoms with E-state index in [2.05, 4.69) is 15.6 Å². The van der Waals surface area contributed by atoms with Crippen LogP contribution in [0.4, 0.5) is 9.93 Å². The number of carbonyl (C=O) groups excluding carboxylic acids is 3. The number of ether oxygens (including phenoxy) is 1. The fourth-order valence-corrected chi connectivity index (χ4v) is 4.38. The van der Waals surface area contributed by atoms with Gasteiger partial charge >= 0.3 is 6.09 Å². The molecule has 1 unspecified atom stereocenters. The molecular weight excluding hydrogens is 475 g/mol. The number of aromatic nitrogens is 1. The molecule has 2 N–H and O–H groups in total. The van der Waals surface area contributed by atoms with Gasteiger partial charge in [-0.3, -0.25) is 9.59 Å².